The van der Waals surface area contributed by atoms with Crippen LogP contribution in [-0.4, -0.2) is 43.3 Å². The summed E-state index contributed by atoms with van der Waals surface area (Å²) in [6, 6.07) is 0. The summed E-state index contributed by atoms with van der Waals surface area (Å²) in [5.74, 6) is -2.63. The number of carbonyl (C=O) groups excluding carboxylic acids is 2. The summed E-state index contributed by atoms with van der Waals surface area (Å²) in [7, 11) is -3.92. The van der Waals surface area contributed by atoms with Gasteiger partial charge in [-0.25, -0.2) is 8.42 Å². The van der Waals surface area contributed by atoms with Crippen LogP contribution in [0.4, 0.5) is 13.2 Å². The Morgan fingerprint density at radius 1 is 1.08 bits per heavy atom. The maximum Gasteiger partial charge on any atom is 0.389 e. The molecule has 0 aliphatic rings. The van der Waals surface area contributed by atoms with Crippen LogP contribution in [-0.2, 0) is 19.4 Å². The van der Waals surface area contributed by atoms with E-state index in [0.717, 1.165) is 6.08 Å². The lowest BCUT2D eigenvalue weighted by atomic mass is 9.91. The highest BCUT2D eigenvalue weighted by Gasteiger charge is 2.36. The predicted octanol–water partition coefficient (Wildman–Crippen LogP) is 2.10. The largest absolute Gasteiger partial charge is 0.401 e. The summed E-state index contributed by atoms with van der Waals surface area (Å²) in [4.78, 5) is 23.6. The number of nitrogens with one attached hydrogen (secondary N) is 1. The third-order valence-electron chi connectivity index (χ3n) is 3.77. The molecule has 0 aliphatic carbocycles. The van der Waals surface area contributed by atoms with E-state index in [0.29, 0.717) is 0 Å². The van der Waals surface area contributed by atoms with Crippen molar-refractivity contribution in [1.82, 2.24) is 5.32 Å². The van der Waals surface area contributed by atoms with E-state index in [1.54, 1.807) is 20.8 Å². The fourth-order valence-electron chi connectivity index (χ4n) is 1.65. The van der Waals surface area contributed by atoms with Crippen molar-refractivity contribution in [3.63, 3.8) is 0 Å². The van der Waals surface area contributed by atoms with E-state index in [9.17, 15) is 31.2 Å². The molecule has 0 bridgehead atoms. The molecule has 0 aromatic carbocycles. The number of sulfone groups is 1. The standard InChI is InChI=1S/C16H27F3N2O4S/c1-14(2,3)12(20)9-11(22)13(23)21-10-15(4,5)26(24,25)8-6-7-16(17,18)19/h9H,6-8,10,20H2,1-5H3,(H,21,23). The van der Waals surface area contributed by atoms with Gasteiger partial charge in [0, 0.05) is 30.2 Å². The summed E-state index contributed by atoms with van der Waals surface area (Å²) in [5, 5.41) is 2.20. The topological polar surface area (TPSA) is 106 Å². The number of hydrogen-bond acceptors (Lipinski definition) is 5. The van der Waals surface area contributed by atoms with Crippen LogP contribution in [0.3, 0.4) is 0 Å². The maximum atomic E-state index is 12.2. The zero-order valence-electron chi connectivity index (χ0n) is 15.7. The average Bonchev–Trinajstić information content (AvgIpc) is 2.41. The van der Waals surface area contributed by atoms with Gasteiger partial charge in [-0.1, -0.05) is 20.8 Å². The van der Waals surface area contributed by atoms with E-state index in [2.05, 4.69) is 5.32 Å². The van der Waals surface area contributed by atoms with Crippen molar-refractivity contribution in [2.75, 3.05) is 12.3 Å². The molecule has 0 radical (unpaired) electrons. The second kappa shape index (κ2) is 8.41. The Hall–Kier alpha value is -1.58. The van der Waals surface area contributed by atoms with E-state index >= 15 is 0 Å². The second-order valence-electron chi connectivity index (χ2n) is 7.69. The molecular formula is C16H27F3N2O4S. The Labute approximate surface area is 152 Å². The highest BCUT2D eigenvalue weighted by atomic mass is 32.2. The Morgan fingerprint density at radius 3 is 2.00 bits per heavy atom. The number of allylic oxidation sites excluding steroid dienone is 1. The molecule has 3 N–H and O–H groups in total. The third kappa shape index (κ3) is 8.20. The molecule has 6 nitrogen and oxygen atoms in total. The van der Waals surface area contributed by atoms with E-state index in [4.69, 9.17) is 5.73 Å². The molecule has 0 saturated heterocycles. The van der Waals surface area contributed by atoms with Crippen molar-refractivity contribution in [2.24, 2.45) is 11.1 Å². The molecular weight excluding hydrogens is 373 g/mol. The van der Waals surface area contributed by atoms with Gasteiger partial charge in [-0.15, -0.1) is 0 Å². The quantitative estimate of drug-likeness (QED) is 0.479. The highest BCUT2D eigenvalue weighted by molar-refractivity contribution is 7.92. The number of ketones is 1. The van der Waals surface area contributed by atoms with Crippen LogP contribution in [0.25, 0.3) is 0 Å². The van der Waals surface area contributed by atoms with Crippen molar-refractivity contribution in [3.8, 4) is 0 Å². The van der Waals surface area contributed by atoms with E-state index in [-0.39, 0.29) is 5.70 Å². The van der Waals surface area contributed by atoms with Crippen LogP contribution in [0.1, 0.15) is 47.5 Å². The van der Waals surface area contributed by atoms with Gasteiger partial charge in [0.1, 0.15) is 0 Å². The zero-order valence-corrected chi connectivity index (χ0v) is 16.5. The number of halogens is 3. The molecule has 152 valence electrons. The Balaban J connectivity index is 4.85. The molecule has 0 unspecified atom stereocenters. The Kier molecular flexibility index (Phi) is 7.90. The molecule has 0 fully saturated rings. The van der Waals surface area contributed by atoms with Gasteiger partial charge in [-0.3, -0.25) is 9.59 Å². The highest BCUT2D eigenvalue weighted by Crippen LogP contribution is 2.24. The third-order valence-corrected chi connectivity index (χ3v) is 6.42. The van der Waals surface area contributed by atoms with Gasteiger partial charge in [0.15, 0.2) is 9.84 Å². The minimum atomic E-state index is -4.43. The minimum absolute atomic E-state index is 0.191. The maximum absolute atomic E-state index is 12.2. The van der Waals surface area contributed by atoms with Crippen LogP contribution in [0.15, 0.2) is 11.8 Å². The number of carbonyl (C=O) groups is 2. The first kappa shape index (κ1) is 24.4. The number of hydrogen-bond donors (Lipinski definition) is 2. The van der Waals surface area contributed by atoms with Crippen molar-refractivity contribution < 1.29 is 31.2 Å². The van der Waals surface area contributed by atoms with Gasteiger partial charge in [0.05, 0.1) is 10.5 Å². The first-order valence-corrected chi connectivity index (χ1v) is 9.63. The van der Waals surface area contributed by atoms with Gasteiger partial charge < -0.3 is 11.1 Å². The van der Waals surface area contributed by atoms with Crippen LogP contribution >= 0.6 is 0 Å². The molecule has 0 rings (SSSR count). The molecule has 0 heterocycles. The number of alkyl halides is 3. The summed E-state index contributed by atoms with van der Waals surface area (Å²) >= 11 is 0. The average molecular weight is 400 g/mol. The molecule has 1 amide bonds. The summed E-state index contributed by atoms with van der Waals surface area (Å²) in [6.45, 7) is 7.40. The molecule has 0 atom stereocenters. The van der Waals surface area contributed by atoms with Crippen molar-refractivity contribution in [2.45, 2.75) is 58.4 Å². The van der Waals surface area contributed by atoms with Gasteiger partial charge >= 0.3 is 6.18 Å². The monoisotopic (exact) mass is 400 g/mol. The summed E-state index contributed by atoms with van der Waals surface area (Å²) < 4.78 is 59.3. The van der Waals surface area contributed by atoms with E-state index in [1.165, 1.54) is 13.8 Å². The SMILES string of the molecule is CC(C)(C)C(N)=CC(=O)C(=O)NCC(C)(C)S(=O)(=O)CCCC(F)(F)F. The number of nitrogens with two attached hydrogens (primary N) is 1. The van der Waals surface area contributed by atoms with Crippen molar-refractivity contribution >= 4 is 21.5 Å². The fraction of sp³-hybridized carbons (Fsp3) is 0.750. The van der Waals surface area contributed by atoms with Crippen molar-refractivity contribution in [1.29, 1.82) is 0 Å². The summed E-state index contributed by atoms with van der Waals surface area (Å²) in [5.41, 5.74) is 5.38. The molecule has 0 saturated carbocycles. The fourth-order valence-corrected chi connectivity index (χ4v) is 3.02. The molecule has 0 aromatic heterocycles. The lowest BCUT2D eigenvalue weighted by Gasteiger charge is -2.25. The van der Waals surface area contributed by atoms with Gasteiger partial charge in [-0.05, 0) is 20.3 Å². The normalized spacial score (nSPS) is 14.2. The Morgan fingerprint density at radius 2 is 1.58 bits per heavy atom. The zero-order chi connectivity index (χ0) is 21.0. The van der Waals surface area contributed by atoms with Gasteiger partial charge in [0.25, 0.3) is 5.91 Å². The first-order chi connectivity index (χ1) is 11.4. The second-order valence-corrected chi connectivity index (χ2v) is 10.4. The van der Waals surface area contributed by atoms with Crippen LogP contribution in [0.5, 0.6) is 0 Å². The molecule has 0 aliphatic heterocycles. The number of rotatable bonds is 8. The lowest BCUT2D eigenvalue weighted by Crippen LogP contribution is -2.46. The lowest BCUT2D eigenvalue weighted by molar-refractivity contribution is -0.135. The van der Waals surface area contributed by atoms with Crippen molar-refractivity contribution in [3.05, 3.63) is 11.8 Å². The van der Waals surface area contributed by atoms with Crippen LogP contribution < -0.4 is 11.1 Å². The molecule has 0 aromatic rings. The predicted molar refractivity (Wildman–Crippen MR) is 92.9 cm³/mol. The Bertz CT molecular complexity index is 660. The smallest absolute Gasteiger partial charge is 0.389 e. The molecule has 0 spiro atoms. The van der Waals surface area contributed by atoms with E-state index in [1.807, 2.05) is 0 Å². The van der Waals surface area contributed by atoms with Gasteiger partial charge in [0.2, 0.25) is 5.78 Å². The first-order valence-electron chi connectivity index (χ1n) is 7.98. The number of amides is 1. The van der Waals surface area contributed by atoms with Gasteiger partial charge in [-0.2, -0.15) is 13.2 Å². The van der Waals surface area contributed by atoms with Crippen LogP contribution in [0.2, 0.25) is 0 Å². The minimum Gasteiger partial charge on any atom is -0.401 e. The molecule has 26 heavy (non-hydrogen) atoms. The van der Waals surface area contributed by atoms with E-state index < -0.39 is 63.0 Å². The summed E-state index contributed by atoms with van der Waals surface area (Å²) in [6.07, 6.45) is -5.23. The molecule has 10 heteroatoms. The van der Waals surface area contributed by atoms with Crippen LogP contribution in [0, 0.1) is 5.41 Å².